The second-order valence-electron chi connectivity index (χ2n) is 5.05. The predicted octanol–water partition coefficient (Wildman–Crippen LogP) is 0.568. The number of ether oxygens (including phenoxy) is 1. The number of nitrogens with zero attached hydrogens (tertiary/aromatic N) is 3. The van der Waals surface area contributed by atoms with Crippen molar-refractivity contribution in [1.82, 2.24) is 19.7 Å². The summed E-state index contributed by atoms with van der Waals surface area (Å²) in [5.41, 5.74) is 0.797. The Labute approximate surface area is 147 Å². The molecule has 0 saturated carbocycles. The molecule has 4 aromatic rings. The molecule has 1 aromatic carbocycles. The van der Waals surface area contributed by atoms with Crippen LogP contribution in [-0.2, 0) is 0 Å². The molecule has 4 rings (SSSR count). The van der Waals surface area contributed by atoms with E-state index in [1.54, 1.807) is 29.1 Å². The van der Waals surface area contributed by atoms with Crippen LogP contribution in [0, 0.1) is 9.39 Å². The van der Waals surface area contributed by atoms with Crippen LogP contribution in [0.4, 0.5) is 4.39 Å². The van der Waals surface area contributed by atoms with Gasteiger partial charge < -0.3 is 0 Å². The number of nitrogens with one attached hydrogen (secondary N) is 1. The van der Waals surface area contributed by atoms with Gasteiger partial charge >= 0.3 is 135 Å². The van der Waals surface area contributed by atoms with Gasteiger partial charge in [-0.15, -0.1) is 0 Å². The third-order valence-corrected chi connectivity index (χ3v) is 5.55. The Hall–Kier alpha value is -2.42. The first-order valence-electron chi connectivity index (χ1n) is 7.20. The molecule has 3 heterocycles. The van der Waals surface area contributed by atoms with Crippen LogP contribution in [0.25, 0.3) is 16.9 Å². The average Bonchev–Trinajstić information content (AvgIpc) is 3.23. The molecule has 5 nitrogen and oxygen atoms in total. The number of halogens is 2. The van der Waals surface area contributed by atoms with Gasteiger partial charge in [0, 0.05) is 6.20 Å². The number of aromatic amines is 1. The van der Waals surface area contributed by atoms with Crippen LogP contribution in [0.1, 0.15) is 0 Å². The minimum atomic E-state index is -0.285. The Morgan fingerprint density at radius 2 is 2.08 bits per heavy atom. The molecule has 0 amide bonds. The first-order valence-corrected chi connectivity index (χ1v) is 10.4. The van der Waals surface area contributed by atoms with Crippen LogP contribution in [-0.4, -0.2) is 24.7 Å². The summed E-state index contributed by atoms with van der Waals surface area (Å²) in [5.74, 6) is 1.28. The van der Waals surface area contributed by atoms with E-state index in [4.69, 9.17) is 4.74 Å². The van der Waals surface area contributed by atoms with E-state index in [1.165, 1.54) is 6.07 Å². The molecule has 0 spiro atoms. The van der Waals surface area contributed by atoms with Gasteiger partial charge in [0.15, 0.2) is 0 Å². The van der Waals surface area contributed by atoms with Crippen LogP contribution in [0.5, 0.6) is 11.6 Å². The van der Waals surface area contributed by atoms with E-state index in [0.717, 1.165) is 14.6 Å². The molecule has 3 aromatic heterocycles. The van der Waals surface area contributed by atoms with Gasteiger partial charge in [0.25, 0.3) is 0 Å². The van der Waals surface area contributed by atoms with Crippen LogP contribution in [0.3, 0.4) is 0 Å². The number of benzene rings is 1. The molecule has 0 aliphatic heterocycles. The van der Waals surface area contributed by atoms with Crippen LogP contribution < -0.4 is 25.9 Å². The molecule has 0 bridgehead atoms. The number of fused-ring (bicyclic) bond motifs is 1. The van der Waals surface area contributed by atoms with E-state index in [2.05, 4.69) is 15.1 Å². The normalized spacial score (nSPS) is 11.2. The molecular weight excluding hydrogens is 422 g/mol. The summed E-state index contributed by atoms with van der Waals surface area (Å²) < 4.78 is 21.9. The SMILES string of the molecule is C[I-]c1ccc(Oc2ccn(-c3ccc4cc[nH]c4n3)n2)cc1F. The molecule has 24 heavy (non-hydrogen) atoms. The van der Waals surface area contributed by atoms with Crippen LogP contribution in [0.15, 0.2) is 54.9 Å². The number of pyridine rings is 1. The molecule has 0 saturated heterocycles. The molecular formula is C17H13FIN4O-. The molecule has 0 unspecified atom stereocenters. The summed E-state index contributed by atoms with van der Waals surface area (Å²) >= 11 is -0.285. The van der Waals surface area contributed by atoms with E-state index in [9.17, 15) is 4.39 Å². The minimum absolute atomic E-state index is 0.221. The predicted molar refractivity (Wildman–Crippen MR) is 84.3 cm³/mol. The Balaban J connectivity index is 1.59. The molecule has 7 heteroatoms. The maximum atomic E-state index is 13.8. The molecule has 1 N–H and O–H groups in total. The first-order chi connectivity index (χ1) is 11.7. The van der Waals surface area contributed by atoms with Gasteiger partial charge in [0.1, 0.15) is 0 Å². The van der Waals surface area contributed by atoms with E-state index in [1.807, 2.05) is 29.3 Å². The van der Waals surface area contributed by atoms with Crippen molar-refractivity contribution in [2.24, 2.45) is 0 Å². The van der Waals surface area contributed by atoms with Gasteiger partial charge in [0.05, 0.1) is 0 Å². The molecule has 0 aliphatic rings. The Bertz CT molecular complexity index is 1010. The summed E-state index contributed by atoms with van der Waals surface area (Å²) in [4.78, 5) is 9.59. The van der Waals surface area contributed by atoms with Gasteiger partial charge in [0.2, 0.25) is 0 Å². The number of rotatable bonds is 4. The van der Waals surface area contributed by atoms with E-state index in [0.29, 0.717) is 17.4 Å². The van der Waals surface area contributed by atoms with Crippen molar-refractivity contribution in [3.8, 4) is 17.4 Å². The van der Waals surface area contributed by atoms with Crippen LogP contribution >= 0.6 is 0 Å². The first kappa shape index (κ1) is 15.1. The summed E-state index contributed by atoms with van der Waals surface area (Å²) in [6.45, 7) is 0. The average molecular weight is 435 g/mol. The third kappa shape index (κ3) is 2.86. The third-order valence-electron chi connectivity index (χ3n) is 3.51. The number of alkyl halides is 1. The van der Waals surface area contributed by atoms with Gasteiger partial charge in [-0.3, -0.25) is 0 Å². The van der Waals surface area contributed by atoms with Crippen molar-refractivity contribution in [1.29, 1.82) is 0 Å². The fourth-order valence-corrected chi connectivity index (χ4v) is 3.56. The zero-order valence-electron chi connectivity index (χ0n) is 12.7. The Morgan fingerprint density at radius 1 is 1.17 bits per heavy atom. The van der Waals surface area contributed by atoms with Gasteiger partial charge in [-0.25, -0.2) is 0 Å². The fourth-order valence-electron chi connectivity index (χ4n) is 2.35. The molecule has 0 fully saturated rings. The van der Waals surface area contributed by atoms with Gasteiger partial charge in [-0.05, 0) is 6.07 Å². The standard InChI is InChI=1S/C17H13FIN4O/c1-19-14-4-3-12(10-13(14)18)24-16-7-9-23(22-16)15-5-2-11-6-8-20-17(11)21-15/h2-10H,1H3,(H,20,21)/q-1. The van der Waals surface area contributed by atoms with Crippen molar-refractivity contribution < 1.29 is 30.3 Å². The zero-order chi connectivity index (χ0) is 16.5. The molecule has 0 atom stereocenters. The summed E-state index contributed by atoms with van der Waals surface area (Å²) in [6.07, 6.45) is 3.60. The summed E-state index contributed by atoms with van der Waals surface area (Å²) in [6, 6.07) is 12.5. The number of hydrogen-bond donors (Lipinski definition) is 1. The van der Waals surface area contributed by atoms with E-state index >= 15 is 0 Å². The monoisotopic (exact) mass is 435 g/mol. The van der Waals surface area contributed by atoms with Crippen molar-refractivity contribution in [2.45, 2.75) is 0 Å². The van der Waals surface area contributed by atoms with Crippen molar-refractivity contribution in [3.05, 3.63) is 64.2 Å². The maximum absolute atomic E-state index is 13.8. The number of H-pyrrole nitrogens is 1. The Kier molecular flexibility index (Phi) is 3.93. The second kappa shape index (κ2) is 6.23. The topological polar surface area (TPSA) is 55.7 Å². The zero-order valence-corrected chi connectivity index (χ0v) is 14.9. The van der Waals surface area contributed by atoms with Gasteiger partial charge in [-0.1, -0.05) is 0 Å². The fraction of sp³-hybridized carbons (Fsp3) is 0.0588. The van der Waals surface area contributed by atoms with E-state index in [-0.39, 0.29) is 27.0 Å². The number of aromatic nitrogens is 4. The molecule has 0 aliphatic carbocycles. The quantitative estimate of drug-likeness (QED) is 0.377. The van der Waals surface area contributed by atoms with Crippen molar-refractivity contribution in [3.63, 3.8) is 0 Å². The van der Waals surface area contributed by atoms with Crippen LogP contribution in [0.2, 0.25) is 0 Å². The van der Waals surface area contributed by atoms with E-state index < -0.39 is 0 Å². The summed E-state index contributed by atoms with van der Waals surface area (Å²) in [5, 5.41) is 5.38. The molecule has 122 valence electrons. The van der Waals surface area contributed by atoms with Gasteiger partial charge in [-0.2, -0.15) is 0 Å². The Morgan fingerprint density at radius 3 is 2.92 bits per heavy atom. The number of hydrogen-bond acceptors (Lipinski definition) is 3. The molecule has 0 radical (unpaired) electrons. The van der Waals surface area contributed by atoms with Crippen molar-refractivity contribution >= 4 is 11.0 Å². The second-order valence-corrected chi connectivity index (χ2v) is 7.29. The summed E-state index contributed by atoms with van der Waals surface area (Å²) in [7, 11) is 0. The van der Waals surface area contributed by atoms with Crippen molar-refractivity contribution in [2.75, 3.05) is 4.93 Å².